The topological polar surface area (TPSA) is 52.5 Å². The first-order valence-electron chi connectivity index (χ1n) is 7.20. The van der Waals surface area contributed by atoms with E-state index in [0.717, 1.165) is 25.5 Å². The van der Waals surface area contributed by atoms with E-state index in [9.17, 15) is 5.11 Å². The van der Waals surface area contributed by atoms with Crippen LogP contribution in [0.5, 0.6) is 0 Å². The van der Waals surface area contributed by atoms with E-state index in [4.69, 9.17) is 0 Å². The summed E-state index contributed by atoms with van der Waals surface area (Å²) >= 11 is 0. The maximum absolute atomic E-state index is 9.26. The van der Waals surface area contributed by atoms with Crippen molar-refractivity contribution in [2.24, 2.45) is 0 Å². The van der Waals surface area contributed by atoms with Gasteiger partial charge in [0.15, 0.2) is 0 Å². The molecule has 21 heavy (non-hydrogen) atoms. The van der Waals surface area contributed by atoms with Crippen LogP contribution >= 0.6 is 0 Å². The Balaban J connectivity index is 1.94. The molecular formula is C16H20N4O. The Bertz CT molecular complexity index is 590. The molecule has 0 saturated carbocycles. The van der Waals surface area contributed by atoms with Crippen LogP contribution in [0.2, 0.25) is 0 Å². The Morgan fingerprint density at radius 3 is 2.76 bits per heavy atom. The Labute approximate surface area is 124 Å². The normalized spacial score (nSPS) is 19.7. The van der Waals surface area contributed by atoms with Gasteiger partial charge in [-0.1, -0.05) is 30.3 Å². The minimum atomic E-state index is -0.0788. The summed E-state index contributed by atoms with van der Waals surface area (Å²) in [5.41, 5.74) is 1.89. The van der Waals surface area contributed by atoms with E-state index in [0.29, 0.717) is 5.69 Å². The number of aromatic nitrogens is 2. The summed E-state index contributed by atoms with van der Waals surface area (Å²) < 4.78 is 0. The molecule has 0 radical (unpaired) electrons. The number of piperazine rings is 1. The van der Waals surface area contributed by atoms with E-state index in [-0.39, 0.29) is 12.6 Å². The van der Waals surface area contributed by atoms with Gasteiger partial charge in [0.05, 0.1) is 30.7 Å². The summed E-state index contributed by atoms with van der Waals surface area (Å²) in [5.74, 6) is 0.837. The van der Waals surface area contributed by atoms with Crippen LogP contribution < -0.4 is 4.90 Å². The molecule has 0 bridgehead atoms. The molecule has 3 rings (SSSR count). The molecule has 5 nitrogen and oxygen atoms in total. The number of hydrogen-bond acceptors (Lipinski definition) is 5. The monoisotopic (exact) mass is 284 g/mol. The number of rotatable bonds is 3. The maximum Gasteiger partial charge on any atom is 0.148 e. The van der Waals surface area contributed by atoms with Gasteiger partial charge in [0.2, 0.25) is 0 Å². The largest absolute Gasteiger partial charge is 0.390 e. The molecule has 110 valence electrons. The molecule has 2 aromatic rings. The lowest BCUT2D eigenvalue weighted by Crippen LogP contribution is -2.47. The SMILES string of the molecule is CN1CCN(c2cncc(CO)n2)C(c2ccccc2)C1. The van der Waals surface area contributed by atoms with Crippen LogP contribution in [0, 0.1) is 0 Å². The quantitative estimate of drug-likeness (QED) is 0.925. The van der Waals surface area contributed by atoms with Gasteiger partial charge in [-0.25, -0.2) is 4.98 Å². The third kappa shape index (κ3) is 3.04. The van der Waals surface area contributed by atoms with Gasteiger partial charge < -0.3 is 14.9 Å². The molecule has 1 N–H and O–H groups in total. The summed E-state index contributed by atoms with van der Waals surface area (Å²) in [6.45, 7) is 2.77. The van der Waals surface area contributed by atoms with Gasteiger partial charge in [-0.3, -0.25) is 4.98 Å². The highest BCUT2D eigenvalue weighted by molar-refractivity contribution is 5.42. The second-order valence-electron chi connectivity index (χ2n) is 5.41. The molecule has 1 aliphatic rings. The van der Waals surface area contributed by atoms with Gasteiger partial charge in [0.1, 0.15) is 5.82 Å². The van der Waals surface area contributed by atoms with E-state index in [1.54, 1.807) is 12.4 Å². The third-order valence-corrected chi connectivity index (χ3v) is 3.90. The molecule has 0 amide bonds. The molecule has 2 heterocycles. The third-order valence-electron chi connectivity index (χ3n) is 3.90. The van der Waals surface area contributed by atoms with E-state index < -0.39 is 0 Å². The number of nitrogens with zero attached hydrogens (tertiary/aromatic N) is 4. The zero-order valence-electron chi connectivity index (χ0n) is 12.2. The minimum Gasteiger partial charge on any atom is -0.390 e. The molecular weight excluding hydrogens is 264 g/mol. The lowest BCUT2D eigenvalue weighted by molar-refractivity contribution is 0.265. The first-order chi connectivity index (χ1) is 10.3. The zero-order valence-corrected chi connectivity index (χ0v) is 12.2. The highest BCUT2D eigenvalue weighted by Crippen LogP contribution is 2.28. The number of benzene rings is 1. The number of anilines is 1. The fourth-order valence-electron chi connectivity index (χ4n) is 2.76. The number of hydrogen-bond donors (Lipinski definition) is 1. The van der Waals surface area contributed by atoms with Crippen molar-refractivity contribution >= 4 is 5.82 Å². The summed E-state index contributed by atoms with van der Waals surface area (Å²) in [6.07, 6.45) is 3.39. The van der Waals surface area contributed by atoms with Crippen molar-refractivity contribution in [3.63, 3.8) is 0 Å². The molecule has 1 fully saturated rings. The van der Waals surface area contributed by atoms with E-state index in [1.807, 2.05) is 6.07 Å². The smallest absolute Gasteiger partial charge is 0.148 e. The van der Waals surface area contributed by atoms with Crippen LogP contribution in [0.15, 0.2) is 42.7 Å². The van der Waals surface area contributed by atoms with Crippen molar-refractivity contribution in [1.29, 1.82) is 0 Å². The molecule has 1 atom stereocenters. The van der Waals surface area contributed by atoms with E-state index >= 15 is 0 Å². The molecule has 1 saturated heterocycles. The van der Waals surface area contributed by atoms with Crippen LogP contribution in [0.25, 0.3) is 0 Å². The van der Waals surface area contributed by atoms with E-state index in [1.165, 1.54) is 5.56 Å². The second-order valence-corrected chi connectivity index (χ2v) is 5.41. The van der Waals surface area contributed by atoms with Gasteiger partial charge in [-0.2, -0.15) is 0 Å². The van der Waals surface area contributed by atoms with Crippen molar-refractivity contribution in [3.8, 4) is 0 Å². The maximum atomic E-state index is 9.26. The van der Waals surface area contributed by atoms with Crippen molar-refractivity contribution in [2.45, 2.75) is 12.6 Å². The first kappa shape index (κ1) is 14.0. The average molecular weight is 284 g/mol. The lowest BCUT2D eigenvalue weighted by Gasteiger charge is -2.41. The standard InChI is InChI=1S/C16H20N4O/c1-19-7-8-20(16-10-17-9-14(12-21)18-16)15(11-19)13-5-3-2-4-6-13/h2-6,9-10,15,21H,7-8,11-12H2,1H3. The Morgan fingerprint density at radius 2 is 2.00 bits per heavy atom. The second kappa shape index (κ2) is 6.20. The Hall–Kier alpha value is -1.98. The first-order valence-corrected chi connectivity index (χ1v) is 7.20. The van der Waals surface area contributed by atoms with Crippen LogP contribution in [-0.4, -0.2) is 46.7 Å². The van der Waals surface area contributed by atoms with Gasteiger partial charge in [0.25, 0.3) is 0 Å². The summed E-state index contributed by atoms with van der Waals surface area (Å²) in [5, 5.41) is 9.26. The van der Waals surface area contributed by atoms with Crippen molar-refractivity contribution in [2.75, 3.05) is 31.6 Å². The van der Waals surface area contributed by atoms with Gasteiger partial charge >= 0.3 is 0 Å². The molecule has 1 aromatic carbocycles. The summed E-state index contributed by atoms with van der Waals surface area (Å²) in [4.78, 5) is 13.3. The predicted octanol–water partition coefficient (Wildman–Crippen LogP) is 1.46. The van der Waals surface area contributed by atoms with Crippen LogP contribution in [0.3, 0.4) is 0 Å². The van der Waals surface area contributed by atoms with Gasteiger partial charge in [-0.05, 0) is 12.6 Å². The van der Waals surface area contributed by atoms with Crippen molar-refractivity contribution in [3.05, 3.63) is 54.0 Å². The van der Waals surface area contributed by atoms with Gasteiger partial charge in [0, 0.05) is 19.6 Å². The highest BCUT2D eigenvalue weighted by Gasteiger charge is 2.27. The average Bonchev–Trinajstić information content (AvgIpc) is 2.55. The molecule has 1 unspecified atom stereocenters. The fourth-order valence-corrected chi connectivity index (χ4v) is 2.76. The molecule has 5 heteroatoms. The minimum absolute atomic E-state index is 0.0788. The zero-order chi connectivity index (χ0) is 14.7. The summed E-state index contributed by atoms with van der Waals surface area (Å²) in [7, 11) is 2.14. The van der Waals surface area contributed by atoms with Crippen molar-refractivity contribution in [1.82, 2.24) is 14.9 Å². The molecule has 1 aromatic heterocycles. The predicted molar refractivity (Wildman–Crippen MR) is 82.0 cm³/mol. The number of likely N-dealkylation sites (N-methyl/N-ethyl adjacent to an activating group) is 1. The van der Waals surface area contributed by atoms with Crippen LogP contribution in [0.1, 0.15) is 17.3 Å². The molecule has 0 aliphatic carbocycles. The number of aliphatic hydroxyl groups excluding tert-OH is 1. The van der Waals surface area contributed by atoms with Crippen LogP contribution in [0.4, 0.5) is 5.82 Å². The lowest BCUT2D eigenvalue weighted by atomic mass is 10.0. The summed E-state index contributed by atoms with van der Waals surface area (Å²) in [6, 6.07) is 10.7. The van der Waals surface area contributed by atoms with Crippen LogP contribution in [-0.2, 0) is 6.61 Å². The highest BCUT2D eigenvalue weighted by atomic mass is 16.3. The number of aliphatic hydroxyl groups is 1. The van der Waals surface area contributed by atoms with Crippen molar-refractivity contribution < 1.29 is 5.11 Å². The molecule has 1 aliphatic heterocycles. The Kier molecular flexibility index (Phi) is 4.13. The van der Waals surface area contributed by atoms with Gasteiger partial charge in [-0.15, -0.1) is 0 Å². The van der Waals surface area contributed by atoms with E-state index in [2.05, 4.69) is 51.1 Å². The molecule has 0 spiro atoms. The fraction of sp³-hybridized carbons (Fsp3) is 0.375. The Morgan fingerprint density at radius 1 is 1.19 bits per heavy atom.